The maximum absolute atomic E-state index is 13.1. The summed E-state index contributed by atoms with van der Waals surface area (Å²) in [5.74, 6) is 0.367. The van der Waals surface area contributed by atoms with Crippen molar-refractivity contribution in [3.8, 4) is 0 Å². The number of hydrogen-bond donors (Lipinski definition) is 0. The first-order chi connectivity index (χ1) is 11.2. The molecule has 2 aliphatic carbocycles. The highest BCUT2D eigenvalue weighted by atomic mass is 79.9. The highest BCUT2D eigenvalue weighted by molar-refractivity contribution is 9.10. The maximum atomic E-state index is 13.1. The first-order valence-electron chi connectivity index (χ1n) is 8.98. The SMILES string of the molecule is O=C(N1CCN(C2CCCC2)CC1)C1(c2ccc(Br)cc2)CC1. The molecule has 1 aliphatic heterocycles. The molecule has 0 radical (unpaired) electrons. The van der Waals surface area contributed by atoms with E-state index >= 15 is 0 Å². The topological polar surface area (TPSA) is 23.6 Å². The lowest BCUT2D eigenvalue weighted by Crippen LogP contribution is -2.53. The number of rotatable bonds is 3. The normalized spacial score (nSPS) is 24.8. The molecule has 1 aromatic rings. The fourth-order valence-corrected chi connectivity index (χ4v) is 4.65. The van der Waals surface area contributed by atoms with Gasteiger partial charge in [-0.2, -0.15) is 0 Å². The number of hydrogen-bond acceptors (Lipinski definition) is 2. The molecule has 1 amide bonds. The van der Waals surface area contributed by atoms with Crippen LogP contribution in [0.15, 0.2) is 28.7 Å². The van der Waals surface area contributed by atoms with Crippen LogP contribution in [-0.4, -0.2) is 47.9 Å². The zero-order valence-corrected chi connectivity index (χ0v) is 15.2. The van der Waals surface area contributed by atoms with Crippen LogP contribution in [0.1, 0.15) is 44.1 Å². The van der Waals surface area contributed by atoms with Crippen molar-refractivity contribution in [3.63, 3.8) is 0 Å². The third-order valence-electron chi connectivity index (χ3n) is 6.00. The lowest BCUT2D eigenvalue weighted by Gasteiger charge is -2.39. The summed E-state index contributed by atoms with van der Waals surface area (Å²) in [5, 5.41) is 0. The van der Waals surface area contributed by atoms with Gasteiger partial charge in [0, 0.05) is 36.7 Å². The Morgan fingerprint density at radius 2 is 1.61 bits per heavy atom. The Morgan fingerprint density at radius 3 is 2.17 bits per heavy atom. The lowest BCUT2D eigenvalue weighted by molar-refractivity contribution is -0.136. The molecule has 124 valence electrons. The molecule has 0 atom stereocenters. The molecule has 4 rings (SSSR count). The standard InChI is InChI=1S/C19H25BrN2O/c20-16-7-5-15(6-8-16)19(9-10-19)18(23)22-13-11-21(12-14-22)17-3-1-2-4-17/h5-8,17H,1-4,9-14H2. The third kappa shape index (κ3) is 2.96. The minimum atomic E-state index is -0.212. The highest BCUT2D eigenvalue weighted by Gasteiger charge is 2.53. The highest BCUT2D eigenvalue weighted by Crippen LogP contribution is 2.50. The van der Waals surface area contributed by atoms with E-state index in [1.165, 1.54) is 31.2 Å². The van der Waals surface area contributed by atoms with Crippen LogP contribution in [0.25, 0.3) is 0 Å². The van der Waals surface area contributed by atoms with Gasteiger partial charge in [0.15, 0.2) is 0 Å². The molecule has 0 bridgehead atoms. The minimum absolute atomic E-state index is 0.212. The molecule has 1 heterocycles. The van der Waals surface area contributed by atoms with Gasteiger partial charge in [-0.25, -0.2) is 0 Å². The second kappa shape index (κ2) is 6.21. The number of carbonyl (C=O) groups excluding carboxylic acids is 1. The number of piperazine rings is 1. The molecule has 2 saturated carbocycles. The molecule has 0 N–H and O–H groups in total. The summed E-state index contributed by atoms with van der Waals surface area (Å²) in [6.45, 7) is 3.95. The first-order valence-corrected chi connectivity index (χ1v) is 9.78. The average molecular weight is 377 g/mol. The van der Waals surface area contributed by atoms with Crippen LogP contribution in [-0.2, 0) is 10.2 Å². The quantitative estimate of drug-likeness (QED) is 0.804. The van der Waals surface area contributed by atoms with E-state index in [1.807, 2.05) is 0 Å². The Morgan fingerprint density at radius 1 is 1.00 bits per heavy atom. The summed E-state index contributed by atoms with van der Waals surface area (Å²) >= 11 is 3.48. The molecule has 0 spiro atoms. The summed E-state index contributed by atoms with van der Waals surface area (Å²) in [4.78, 5) is 17.8. The Bertz CT molecular complexity index is 568. The number of nitrogens with zero attached hydrogens (tertiary/aromatic N) is 2. The van der Waals surface area contributed by atoms with Crippen molar-refractivity contribution in [2.75, 3.05) is 26.2 Å². The summed E-state index contributed by atoms with van der Waals surface area (Å²) in [6, 6.07) is 9.13. The smallest absolute Gasteiger partial charge is 0.233 e. The zero-order chi connectivity index (χ0) is 15.9. The molecule has 3 nitrogen and oxygen atoms in total. The minimum Gasteiger partial charge on any atom is -0.339 e. The van der Waals surface area contributed by atoms with Crippen LogP contribution in [0.4, 0.5) is 0 Å². The van der Waals surface area contributed by atoms with E-state index in [2.05, 4.69) is 50.0 Å². The molecule has 0 unspecified atom stereocenters. The van der Waals surface area contributed by atoms with E-state index in [0.29, 0.717) is 5.91 Å². The summed E-state index contributed by atoms with van der Waals surface area (Å²) < 4.78 is 1.08. The second-order valence-electron chi connectivity index (χ2n) is 7.36. The molecule has 0 aromatic heterocycles. The first kappa shape index (κ1) is 15.6. The van der Waals surface area contributed by atoms with Gasteiger partial charge in [-0.15, -0.1) is 0 Å². The molecule has 4 heteroatoms. The molecule has 1 saturated heterocycles. The monoisotopic (exact) mass is 376 g/mol. The van der Waals surface area contributed by atoms with Gasteiger partial charge in [0.25, 0.3) is 0 Å². The van der Waals surface area contributed by atoms with Crippen LogP contribution in [0.3, 0.4) is 0 Å². The fourth-order valence-electron chi connectivity index (χ4n) is 4.38. The predicted octanol–water partition coefficient (Wildman–Crippen LogP) is 3.57. The van der Waals surface area contributed by atoms with Crippen LogP contribution in [0.2, 0.25) is 0 Å². The molecule has 23 heavy (non-hydrogen) atoms. The number of halogens is 1. The van der Waals surface area contributed by atoms with E-state index in [-0.39, 0.29) is 5.41 Å². The van der Waals surface area contributed by atoms with Gasteiger partial charge in [0.2, 0.25) is 5.91 Å². The van der Waals surface area contributed by atoms with Crippen molar-refractivity contribution in [2.45, 2.75) is 50.0 Å². The van der Waals surface area contributed by atoms with Crippen molar-refractivity contribution in [3.05, 3.63) is 34.3 Å². The zero-order valence-electron chi connectivity index (χ0n) is 13.6. The lowest BCUT2D eigenvalue weighted by atomic mass is 9.94. The van der Waals surface area contributed by atoms with Crippen molar-refractivity contribution < 1.29 is 4.79 Å². The molecular weight excluding hydrogens is 352 g/mol. The van der Waals surface area contributed by atoms with Crippen molar-refractivity contribution in [1.82, 2.24) is 9.80 Å². The van der Waals surface area contributed by atoms with Crippen molar-refractivity contribution in [2.24, 2.45) is 0 Å². The molecule has 3 aliphatic rings. The van der Waals surface area contributed by atoms with Gasteiger partial charge in [-0.3, -0.25) is 9.69 Å². The Labute approximate surface area is 147 Å². The van der Waals surface area contributed by atoms with Crippen LogP contribution < -0.4 is 0 Å². The van der Waals surface area contributed by atoms with E-state index in [0.717, 1.165) is 49.5 Å². The van der Waals surface area contributed by atoms with Gasteiger partial charge in [-0.05, 0) is 43.4 Å². The summed E-state index contributed by atoms with van der Waals surface area (Å²) in [7, 11) is 0. The van der Waals surface area contributed by atoms with Crippen molar-refractivity contribution in [1.29, 1.82) is 0 Å². The molecule has 1 aromatic carbocycles. The number of amides is 1. The van der Waals surface area contributed by atoms with Crippen LogP contribution >= 0.6 is 15.9 Å². The summed E-state index contributed by atoms with van der Waals surface area (Å²) in [5.41, 5.74) is 0.986. The van der Waals surface area contributed by atoms with Crippen molar-refractivity contribution >= 4 is 21.8 Å². The third-order valence-corrected chi connectivity index (χ3v) is 6.53. The Kier molecular flexibility index (Phi) is 4.22. The fraction of sp³-hybridized carbons (Fsp3) is 0.632. The maximum Gasteiger partial charge on any atom is 0.233 e. The number of carbonyl (C=O) groups is 1. The van der Waals surface area contributed by atoms with Gasteiger partial charge in [0.1, 0.15) is 0 Å². The molecular formula is C19H25BrN2O. The average Bonchev–Trinajstić information content (AvgIpc) is 3.21. The van der Waals surface area contributed by atoms with Gasteiger partial charge < -0.3 is 4.90 Å². The summed E-state index contributed by atoms with van der Waals surface area (Å²) in [6.07, 6.45) is 7.51. The van der Waals surface area contributed by atoms with E-state index in [1.54, 1.807) is 0 Å². The Balaban J connectivity index is 1.41. The largest absolute Gasteiger partial charge is 0.339 e. The van der Waals surface area contributed by atoms with Gasteiger partial charge in [-0.1, -0.05) is 40.9 Å². The van der Waals surface area contributed by atoms with E-state index < -0.39 is 0 Å². The number of benzene rings is 1. The molecule has 3 fully saturated rings. The van der Waals surface area contributed by atoms with Crippen LogP contribution in [0, 0.1) is 0 Å². The second-order valence-corrected chi connectivity index (χ2v) is 8.27. The Hall–Kier alpha value is -0.870. The predicted molar refractivity (Wildman–Crippen MR) is 95.5 cm³/mol. The van der Waals surface area contributed by atoms with Gasteiger partial charge in [0.05, 0.1) is 5.41 Å². The van der Waals surface area contributed by atoms with Gasteiger partial charge >= 0.3 is 0 Å². The van der Waals surface area contributed by atoms with E-state index in [9.17, 15) is 4.79 Å². The van der Waals surface area contributed by atoms with Crippen LogP contribution in [0.5, 0.6) is 0 Å². The van der Waals surface area contributed by atoms with E-state index in [4.69, 9.17) is 0 Å².